The molecule has 1 heterocycles. The lowest BCUT2D eigenvalue weighted by Crippen LogP contribution is -2.30. The van der Waals surface area contributed by atoms with Crippen molar-refractivity contribution in [3.05, 3.63) is 35.4 Å². The number of rotatable bonds is 4. The molecule has 0 spiro atoms. The lowest BCUT2D eigenvalue weighted by molar-refractivity contribution is 0.297. The lowest BCUT2D eigenvalue weighted by atomic mass is 10.1. The fraction of sp³-hybridized carbons (Fsp3) is 0.562. The summed E-state index contributed by atoms with van der Waals surface area (Å²) in [6, 6.07) is 10.7. The van der Waals surface area contributed by atoms with Crippen molar-refractivity contribution in [1.82, 2.24) is 10.2 Å². The molecule has 19 heavy (non-hydrogen) atoms. The molecule has 102 valence electrons. The molecular formula is C16H23N3. The SMILES string of the molecule is CCN1CCCC(NCc2ccc(C#N)cc2)CC1. The van der Waals surface area contributed by atoms with Gasteiger partial charge in [-0.15, -0.1) is 0 Å². The van der Waals surface area contributed by atoms with Crippen LogP contribution in [0.15, 0.2) is 24.3 Å². The van der Waals surface area contributed by atoms with Crippen LogP contribution in [-0.4, -0.2) is 30.6 Å². The summed E-state index contributed by atoms with van der Waals surface area (Å²) >= 11 is 0. The lowest BCUT2D eigenvalue weighted by Gasteiger charge is -2.18. The minimum absolute atomic E-state index is 0.632. The van der Waals surface area contributed by atoms with Crippen LogP contribution in [0.25, 0.3) is 0 Å². The second-order valence-electron chi connectivity index (χ2n) is 5.25. The van der Waals surface area contributed by atoms with E-state index in [4.69, 9.17) is 5.26 Å². The van der Waals surface area contributed by atoms with Crippen LogP contribution in [0.2, 0.25) is 0 Å². The molecule has 1 saturated heterocycles. The van der Waals surface area contributed by atoms with Crippen molar-refractivity contribution in [3.63, 3.8) is 0 Å². The molecule has 1 atom stereocenters. The van der Waals surface area contributed by atoms with E-state index in [9.17, 15) is 0 Å². The molecule has 3 nitrogen and oxygen atoms in total. The Balaban J connectivity index is 1.79. The fourth-order valence-corrected chi connectivity index (χ4v) is 2.64. The van der Waals surface area contributed by atoms with Crippen LogP contribution >= 0.6 is 0 Å². The number of benzene rings is 1. The number of nitriles is 1. The highest BCUT2D eigenvalue weighted by Crippen LogP contribution is 2.12. The van der Waals surface area contributed by atoms with Crippen molar-refractivity contribution >= 4 is 0 Å². The van der Waals surface area contributed by atoms with Gasteiger partial charge < -0.3 is 10.2 Å². The van der Waals surface area contributed by atoms with Gasteiger partial charge in [-0.25, -0.2) is 0 Å². The molecule has 1 N–H and O–H groups in total. The van der Waals surface area contributed by atoms with Gasteiger partial charge in [-0.1, -0.05) is 19.1 Å². The molecule has 0 amide bonds. The zero-order chi connectivity index (χ0) is 13.5. The van der Waals surface area contributed by atoms with Gasteiger partial charge in [-0.2, -0.15) is 5.26 Å². The summed E-state index contributed by atoms with van der Waals surface area (Å²) in [5, 5.41) is 12.4. The Kier molecular flexibility index (Phi) is 5.38. The third kappa shape index (κ3) is 4.34. The first-order valence-electron chi connectivity index (χ1n) is 7.26. The maximum atomic E-state index is 8.77. The average molecular weight is 257 g/mol. The van der Waals surface area contributed by atoms with Crippen LogP contribution in [0, 0.1) is 11.3 Å². The van der Waals surface area contributed by atoms with Crippen LogP contribution in [0.1, 0.15) is 37.3 Å². The van der Waals surface area contributed by atoms with Gasteiger partial charge in [0.2, 0.25) is 0 Å². The first-order valence-corrected chi connectivity index (χ1v) is 7.26. The van der Waals surface area contributed by atoms with Gasteiger partial charge in [0.15, 0.2) is 0 Å². The van der Waals surface area contributed by atoms with E-state index >= 15 is 0 Å². The molecule has 1 aromatic rings. The Morgan fingerprint density at radius 3 is 2.74 bits per heavy atom. The second-order valence-corrected chi connectivity index (χ2v) is 5.25. The van der Waals surface area contributed by atoms with Crippen LogP contribution in [0.4, 0.5) is 0 Å². The fourth-order valence-electron chi connectivity index (χ4n) is 2.64. The van der Waals surface area contributed by atoms with Crippen LogP contribution < -0.4 is 5.32 Å². The number of hydrogen-bond acceptors (Lipinski definition) is 3. The zero-order valence-electron chi connectivity index (χ0n) is 11.7. The van der Waals surface area contributed by atoms with Gasteiger partial charge in [0, 0.05) is 12.6 Å². The molecule has 1 aliphatic rings. The molecule has 2 rings (SSSR count). The summed E-state index contributed by atoms with van der Waals surface area (Å²) in [5.41, 5.74) is 1.99. The van der Waals surface area contributed by atoms with Crippen LogP contribution in [0.3, 0.4) is 0 Å². The predicted octanol–water partition coefficient (Wildman–Crippen LogP) is 2.52. The molecule has 0 radical (unpaired) electrons. The summed E-state index contributed by atoms with van der Waals surface area (Å²) < 4.78 is 0. The van der Waals surface area contributed by atoms with E-state index in [2.05, 4.69) is 23.2 Å². The smallest absolute Gasteiger partial charge is 0.0991 e. The van der Waals surface area contributed by atoms with E-state index < -0.39 is 0 Å². The summed E-state index contributed by atoms with van der Waals surface area (Å²) in [7, 11) is 0. The minimum Gasteiger partial charge on any atom is -0.310 e. The minimum atomic E-state index is 0.632. The summed E-state index contributed by atoms with van der Waals surface area (Å²) in [6.45, 7) is 6.77. The molecule has 3 heteroatoms. The molecule has 1 aliphatic heterocycles. The van der Waals surface area contributed by atoms with E-state index in [1.807, 2.05) is 24.3 Å². The normalized spacial score (nSPS) is 20.7. The molecule has 0 bridgehead atoms. The maximum Gasteiger partial charge on any atom is 0.0991 e. The highest BCUT2D eigenvalue weighted by Gasteiger charge is 2.15. The molecule has 0 saturated carbocycles. The van der Waals surface area contributed by atoms with Gasteiger partial charge in [0.1, 0.15) is 0 Å². The predicted molar refractivity (Wildman–Crippen MR) is 77.7 cm³/mol. The molecular weight excluding hydrogens is 234 g/mol. The van der Waals surface area contributed by atoms with Crippen molar-refractivity contribution < 1.29 is 0 Å². The maximum absolute atomic E-state index is 8.77. The highest BCUT2D eigenvalue weighted by molar-refractivity contribution is 5.31. The molecule has 1 fully saturated rings. The van der Waals surface area contributed by atoms with Gasteiger partial charge in [0.25, 0.3) is 0 Å². The van der Waals surface area contributed by atoms with E-state index in [1.165, 1.54) is 44.5 Å². The van der Waals surface area contributed by atoms with Crippen molar-refractivity contribution in [2.24, 2.45) is 0 Å². The van der Waals surface area contributed by atoms with E-state index in [1.54, 1.807) is 0 Å². The zero-order valence-corrected chi connectivity index (χ0v) is 11.7. The number of nitrogens with one attached hydrogen (secondary N) is 1. The third-order valence-electron chi connectivity index (χ3n) is 3.95. The third-order valence-corrected chi connectivity index (χ3v) is 3.95. The van der Waals surface area contributed by atoms with Gasteiger partial charge in [-0.05, 0) is 56.6 Å². The molecule has 1 unspecified atom stereocenters. The number of likely N-dealkylation sites (tertiary alicyclic amines) is 1. The Hall–Kier alpha value is -1.37. The Morgan fingerprint density at radius 2 is 2.05 bits per heavy atom. The first kappa shape index (κ1) is 14.0. The van der Waals surface area contributed by atoms with Crippen molar-refractivity contribution in [3.8, 4) is 6.07 Å². The van der Waals surface area contributed by atoms with E-state index in [0.29, 0.717) is 6.04 Å². The Labute approximate surface area is 116 Å². The number of nitrogens with zero attached hydrogens (tertiary/aromatic N) is 2. The quantitative estimate of drug-likeness (QED) is 0.901. The van der Waals surface area contributed by atoms with E-state index in [0.717, 1.165) is 12.1 Å². The van der Waals surface area contributed by atoms with E-state index in [-0.39, 0.29) is 0 Å². The standard InChI is InChI=1S/C16H23N3/c1-2-19-10-3-4-16(9-11-19)18-13-15-7-5-14(12-17)6-8-15/h5-8,16,18H,2-4,9-11,13H2,1H3. The summed E-state index contributed by atoms with van der Waals surface area (Å²) in [6.07, 6.45) is 3.80. The van der Waals surface area contributed by atoms with Crippen molar-refractivity contribution in [2.75, 3.05) is 19.6 Å². The van der Waals surface area contributed by atoms with Gasteiger partial charge in [0.05, 0.1) is 11.6 Å². The van der Waals surface area contributed by atoms with Crippen molar-refractivity contribution in [1.29, 1.82) is 5.26 Å². The highest BCUT2D eigenvalue weighted by atomic mass is 15.1. The average Bonchev–Trinajstić information content (AvgIpc) is 2.70. The molecule has 1 aromatic carbocycles. The summed E-state index contributed by atoms with van der Waals surface area (Å²) in [5.74, 6) is 0. The Bertz CT molecular complexity index is 419. The first-order chi connectivity index (χ1) is 9.31. The van der Waals surface area contributed by atoms with Gasteiger partial charge in [-0.3, -0.25) is 0 Å². The topological polar surface area (TPSA) is 39.1 Å². The number of hydrogen-bond donors (Lipinski definition) is 1. The Morgan fingerprint density at radius 1 is 1.26 bits per heavy atom. The van der Waals surface area contributed by atoms with Crippen molar-refractivity contribution in [2.45, 2.75) is 38.8 Å². The second kappa shape index (κ2) is 7.28. The van der Waals surface area contributed by atoms with Crippen LogP contribution in [-0.2, 0) is 6.54 Å². The molecule has 0 aliphatic carbocycles. The van der Waals surface area contributed by atoms with Gasteiger partial charge >= 0.3 is 0 Å². The largest absolute Gasteiger partial charge is 0.310 e. The summed E-state index contributed by atoms with van der Waals surface area (Å²) in [4.78, 5) is 2.53. The van der Waals surface area contributed by atoms with Crippen LogP contribution in [0.5, 0.6) is 0 Å². The molecule has 0 aromatic heterocycles. The monoisotopic (exact) mass is 257 g/mol.